The van der Waals surface area contributed by atoms with E-state index in [-0.39, 0.29) is 0 Å². The molecule has 1 aromatic heterocycles. The molecule has 0 aliphatic heterocycles. The largest absolute Gasteiger partial charge is 0.384 e. The van der Waals surface area contributed by atoms with Gasteiger partial charge in [0.15, 0.2) is 0 Å². The second-order valence-corrected chi connectivity index (χ2v) is 4.01. The van der Waals surface area contributed by atoms with Crippen LogP contribution in [0.15, 0.2) is 42.6 Å². The minimum atomic E-state index is 0.524. The van der Waals surface area contributed by atoms with Gasteiger partial charge in [-0.15, -0.1) is 0 Å². The molecule has 1 heterocycles. The first-order valence-corrected chi connectivity index (χ1v) is 5.42. The molecule has 1 aromatic carbocycles. The highest BCUT2D eigenvalue weighted by atomic mass is 15.1. The van der Waals surface area contributed by atoms with E-state index in [0.717, 1.165) is 17.1 Å². The molecule has 0 bridgehead atoms. The summed E-state index contributed by atoms with van der Waals surface area (Å²) in [6.07, 6.45) is 1.72. The Morgan fingerprint density at radius 2 is 1.88 bits per heavy atom. The molecule has 0 fully saturated rings. The summed E-state index contributed by atoms with van der Waals surface area (Å²) in [4.78, 5) is 6.11. The number of hydrogen-bond acceptors (Lipinski definition) is 4. The van der Waals surface area contributed by atoms with Crippen LogP contribution in [0.5, 0.6) is 0 Å². The SMILES string of the molecule is CN(C)c1ccccc1Nc1ccc(N)nc1. The van der Waals surface area contributed by atoms with Gasteiger partial charge < -0.3 is 16.0 Å². The molecule has 0 radical (unpaired) electrons. The highest BCUT2D eigenvalue weighted by Gasteiger charge is 2.03. The van der Waals surface area contributed by atoms with Crippen molar-refractivity contribution in [1.29, 1.82) is 0 Å². The Morgan fingerprint density at radius 1 is 1.12 bits per heavy atom. The highest BCUT2D eigenvalue weighted by molar-refractivity contribution is 5.74. The summed E-state index contributed by atoms with van der Waals surface area (Å²) in [7, 11) is 4.03. The average molecular weight is 228 g/mol. The number of nitrogens with two attached hydrogens (primary N) is 1. The minimum absolute atomic E-state index is 0.524. The fourth-order valence-electron chi connectivity index (χ4n) is 1.60. The van der Waals surface area contributed by atoms with Crippen LogP contribution in [0.25, 0.3) is 0 Å². The number of anilines is 4. The van der Waals surface area contributed by atoms with E-state index in [1.807, 2.05) is 38.4 Å². The third kappa shape index (κ3) is 2.66. The third-order valence-electron chi connectivity index (χ3n) is 2.45. The number of benzene rings is 1. The molecule has 0 saturated carbocycles. The third-order valence-corrected chi connectivity index (χ3v) is 2.45. The van der Waals surface area contributed by atoms with Crippen molar-refractivity contribution in [2.24, 2.45) is 0 Å². The van der Waals surface area contributed by atoms with Crippen LogP contribution < -0.4 is 16.0 Å². The van der Waals surface area contributed by atoms with Gasteiger partial charge >= 0.3 is 0 Å². The van der Waals surface area contributed by atoms with E-state index in [1.165, 1.54) is 0 Å². The van der Waals surface area contributed by atoms with Crippen LogP contribution in [0.2, 0.25) is 0 Å². The van der Waals surface area contributed by atoms with Gasteiger partial charge in [-0.3, -0.25) is 0 Å². The molecule has 2 aromatic rings. The molecule has 0 spiro atoms. The maximum absolute atomic E-state index is 5.55. The minimum Gasteiger partial charge on any atom is -0.384 e. The topological polar surface area (TPSA) is 54.2 Å². The fourth-order valence-corrected chi connectivity index (χ4v) is 1.60. The van der Waals surface area contributed by atoms with Crippen LogP contribution in [-0.2, 0) is 0 Å². The van der Waals surface area contributed by atoms with Crippen molar-refractivity contribution in [1.82, 2.24) is 4.98 Å². The lowest BCUT2D eigenvalue weighted by Crippen LogP contribution is -2.10. The molecule has 17 heavy (non-hydrogen) atoms. The first-order valence-electron chi connectivity index (χ1n) is 5.42. The van der Waals surface area contributed by atoms with Gasteiger partial charge in [-0.05, 0) is 24.3 Å². The second-order valence-electron chi connectivity index (χ2n) is 4.01. The smallest absolute Gasteiger partial charge is 0.123 e. The van der Waals surface area contributed by atoms with Crippen LogP contribution in [-0.4, -0.2) is 19.1 Å². The van der Waals surface area contributed by atoms with Crippen LogP contribution in [0, 0.1) is 0 Å². The molecule has 4 nitrogen and oxygen atoms in total. The van der Waals surface area contributed by atoms with E-state index in [4.69, 9.17) is 5.73 Å². The molecule has 0 unspecified atom stereocenters. The summed E-state index contributed by atoms with van der Waals surface area (Å²) >= 11 is 0. The van der Waals surface area contributed by atoms with E-state index in [0.29, 0.717) is 5.82 Å². The molecule has 4 heteroatoms. The summed E-state index contributed by atoms with van der Waals surface area (Å²) in [5.41, 5.74) is 8.65. The van der Waals surface area contributed by atoms with Crippen molar-refractivity contribution in [2.45, 2.75) is 0 Å². The van der Waals surface area contributed by atoms with Crippen molar-refractivity contribution < 1.29 is 0 Å². The average Bonchev–Trinajstić information content (AvgIpc) is 2.32. The number of aromatic nitrogens is 1. The summed E-state index contributed by atoms with van der Waals surface area (Å²) < 4.78 is 0. The molecule has 0 atom stereocenters. The number of pyridine rings is 1. The van der Waals surface area contributed by atoms with Gasteiger partial charge in [0, 0.05) is 14.1 Å². The van der Waals surface area contributed by atoms with E-state index >= 15 is 0 Å². The number of hydrogen-bond donors (Lipinski definition) is 2. The number of para-hydroxylation sites is 2. The van der Waals surface area contributed by atoms with Gasteiger partial charge in [0.05, 0.1) is 23.3 Å². The molecule has 88 valence electrons. The van der Waals surface area contributed by atoms with Crippen molar-refractivity contribution >= 4 is 22.9 Å². The van der Waals surface area contributed by atoms with Gasteiger partial charge in [-0.1, -0.05) is 12.1 Å². The van der Waals surface area contributed by atoms with Gasteiger partial charge in [-0.25, -0.2) is 4.98 Å². The molecule has 0 amide bonds. The predicted molar refractivity (Wildman–Crippen MR) is 72.7 cm³/mol. The maximum Gasteiger partial charge on any atom is 0.123 e. The highest BCUT2D eigenvalue weighted by Crippen LogP contribution is 2.26. The zero-order valence-electron chi connectivity index (χ0n) is 10.0. The Balaban J connectivity index is 2.26. The fraction of sp³-hybridized carbons (Fsp3) is 0.154. The molecule has 3 N–H and O–H groups in total. The molecule has 0 saturated heterocycles. The summed E-state index contributed by atoms with van der Waals surface area (Å²) in [5, 5.41) is 3.32. The van der Waals surface area contributed by atoms with Crippen molar-refractivity contribution in [3.05, 3.63) is 42.6 Å². The van der Waals surface area contributed by atoms with Crippen molar-refractivity contribution in [3.8, 4) is 0 Å². The van der Waals surface area contributed by atoms with Crippen LogP contribution in [0.4, 0.5) is 22.9 Å². The number of nitrogens with one attached hydrogen (secondary N) is 1. The van der Waals surface area contributed by atoms with Crippen LogP contribution in [0.1, 0.15) is 0 Å². The summed E-state index contributed by atoms with van der Waals surface area (Å²) in [5.74, 6) is 0.524. The van der Waals surface area contributed by atoms with Crippen molar-refractivity contribution in [2.75, 3.05) is 30.0 Å². The molecule has 0 aliphatic rings. The maximum atomic E-state index is 5.55. The van der Waals surface area contributed by atoms with E-state index in [9.17, 15) is 0 Å². The Morgan fingerprint density at radius 3 is 2.53 bits per heavy atom. The van der Waals surface area contributed by atoms with Gasteiger partial charge in [0.1, 0.15) is 5.82 Å². The van der Waals surface area contributed by atoms with E-state index in [2.05, 4.69) is 21.3 Å². The van der Waals surface area contributed by atoms with Crippen molar-refractivity contribution in [3.63, 3.8) is 0 Å². The molecule has 0 aliphatic carbocycles. The lowest BCUT2D eigenvalue weighted by atomic mass is 10.2. The Kier molecular flexibility index (Phi) is 3.14. The van der Waals surface area contributed by atoms with Gasteiger partial charge in [0.25, 0.3) is 0 Å². The quantitative estimate of drug-likeness (QED) is 0.847. The monoisotopic (exact) mass is 228 g/mol. The Bertz CT molecular complexity index is 491. The number of rotatable bonds is 3. The van der Waals surface area contributed by atoms with Crippen LogP contribution >= 0.6 is 0 Å². The molecular weight excluding hydrogens is 212 g/mol. The molecular formula is C13H16N4. The first-order chi connectivity index (χ1) is 8.16. The Labute approximate surface area is 101 Å². The zero-order chi connectivity index (χ0) is 12.3. The first kappa shape index (κ1) is 11.3. The molecule has 2 rings (SSSR count). The summed E-state index contributed by atoms with van der Waals surface area (Å²) in [6, 6.07) is 11.8. The predicted octanol–water partition coefficient (Wildman–Crippen LogP) is 2.47. The van der Waals surface area contributed by atoms with Crippen LogP contribution in [0.3, 0.4) is 0 Å². The number of nitrogen functional groups attached to an aromatic ring is 1. The zero-order valence-corrected chi connectivity index (χ0v) is 10.0. The Hall–Kier alpha value is -2.23. The van der Waals surface area contributed by atoms with Gasteiger partial charge in [-0.2, -0.15) is 0 Å². The van der Waals surface area contributed by atoms with Gasteiger partial charge in [0.2, 0.25) is 0 Å². The second kappa shape index (κ2) is 4.74. The lowest BCUT2D eigenvalue weighted by molar-refractivity contribution is 1.13. The van der Waals surface area contributed by atoms with E-state index in [1.54, 1.807) is 12.3 Å². The lowest BCUT2D eigenvalue weighted by Gasteiger charge is -2.18. The normalized spacial score (nSPS) is 10.0. The standard InChI is InChI=1S/C13H16N4/c1-17(2)12-6-4-3-5-11(12)16-10-7-8-13(14)15-9-10/h3-9,16H,1-2H3,(H2,14,15). The van der Waals surface area contributed by atoms with E-state index < -0.39 is 0 Å². The summed E-state index contributed by atoms with van der Waals surface area (Å²) in [6.45, 7) is 0. The number of nitrogens with zero attached hydrogens (tertiary/aromatic N) is 2.